The topological polar surface area (TPSA) is 85.9 Å². The Kier molecular flexibility index (Phi) is 7.57. The van der Waals surface area contributed by atoms with E-state index in [1.807, 2.05) is 0 Å². The van der Waals surface area contributed by atoms with Gasteiger partial charge in [-0.1, -0.05) is 17.7 Å². The van der Waals surface area contributed by atoms with E-state index >= 15 is 0 Å². The highest BCUT2D eigenvalue weighted by atomic mass is 35.5. The lowest BCUT2D eigenvalue weighted by atomic mass is 10.2. The van der Waals surface area contributed by atoms with Crippen molar-refractivity contribution in [2.45, 2.75) is 6.42 Å². The quantitative estimate of drug-likeness (QED) is 0.521. The molecule has 0 radical (unpaired) electrons. The summed E-state index contributed by atoms with van der Waals surface area (Å²) in [6.45, 7) is 1.70. The minimum Gasteiger partial charge on any atom is -0.497 e. The molecule has 158 valence electrons. The third-order valence-electron chi connectivity index (χ3n) is 4.29. The lowest BCUT2D eigenvalue weighted by Crippen LogP contribution is -2.33. The molecule has 2 aromatic rings. The van der Waals surface area contributed by atoms with E-state index in [0.717, 1.165) is 12.0 Å². The molecule has 30 heavy (non-hydrogen) atoms. The average Bonchev–Trinajstić information content (AvgIpc) is 3.01. The molecule has 3 rings (SSSR count). The van der Waals surface area contributed by atoms with E-state index in [9.17, 15) is 9.59 Å². The van der Waals surface area contributed by atoms with E-state index in [0.29, 0.717) is 54.1 Å². The summed E-state index contributed by atoms with van der Waals surface area (Å²) in [7, 11) is 1.54. The minimum atomic E-state index is -0.283. The van der Waals surface area contributed by atoms with E-state index in [-0.39, 0.29) is 11.8 Å². The minimum absolute atomic E-state index is 0.236. The molecule has 0 bridgehead atoms. The molecule has 2 aromatic carbocycles. The highest BCUT2D eigenvalue weighted by molar-refractivity contribution is 6.32. The Bertz CT molecular complexity index is 945. The molecule has 8 heteroatoms. The van der Waals surface area contributed by atoms with Crippen molar-refractivity contribution in [2.24, 2.45) is 0 Å². The molecule has 0 unspecified atom stereocenters. The van der Waals surface area contributed by atoms with E-state index < -0.39 is 0 Å². The zero-order valence-corrected chi connectivity index (χ0v) is 17.3. The van der Waals surface area contributed by atoms with E-state index in [1.165, 1.54) is 6.08 Å². The first kappa shape index (κ1) is 21.5. The van der Waals surface area contributed by atoms with Gasteiger partial charge < -0.3 is 24.8 Å². The lowest BCUT2D eigenvalue weighted by Gasteiger charge is -2.10. The second kappa shape index (κ2) is 10.5. The van der Waals surface area contributed by atoms with Gasteiger partial charge in [-0.3, -0.25) is 9.59 Å². The molecule has 1 aliphatic rings. The first-order valence-corrected chi connectivity index (χ1v) is 9.92. The number of carbonyl (C=O) groups is 2. The zero-order valence-electron chi connectivity index (χ0n) is 16.6. The molecule has 0 saturated heterocycles. The summed E-state index contributed by atoms with van der Waals surface area (Å²) in [6.07, 6.45) is 3.83. The fraction of sp³-hybridized carbons (Fsp3) is 0.273. The van der Waals surface area contributed by atoms with Crippen LogP contribution in [0.3, 0.4) is 0 Å². The van der Waals surface area contributed by atoms with Gasteiger partial charge >= 0.3 is 0 Å². The van der Waals surface area contributed by atoms with Crippen LogP contribution in [-0.4, -0.2) is 45.2 Å². The molecule has 0 aliphatic carbocycles. The van der Waals surface area contributed by atoms with Gasteiger partial charge in [-0.15, -0.1) is 0 Å². The second-order valence-electron chi connectivity index (χ2n) is 6.49. The Labute approximate surface area is 180 Å². The van der Waals surface area contributed by atoms with Crippen molar-refractivity contribution < 1.29 is 23.8 Å². The van der Waals surface area contributed by atoms with Gasteiger partial charge in [-0.2, -0.15) is 0 Å². The molecular formula is C22H23ClN2O5. The van der Waals surface area contributed by atoms with Crippen LogP contribution >= 0.6 is 11.6 Å². The number of ether oxygens (including phenoxy) is 3. The predicted molar refractivity (Wildman–Crippen MR) is 114 cm³/mol. The number of methoxy groups -OCH3 is 1. The zero-order chi connectivity index (χ0) is 21.3. The Balaban J connectivity index is 1.46. The third kappa shape index (κ3) is 5.90. The van der Waals surface area contributed by atoms with Crippen LogP contribution in [0.4, 0.5) is 0 Å². The molecule has 1 aliphatic heterocycles. The van der Waals surface area contributed by atoms with Crippen molar-refractivity contribution in [2.75, 3.05) is 33.4 Å². The number of hydrogen-bond acceptors (Lipinski definition) is 5. The van der Waals surface area contributed by atoms with Crippen LogP contribution in [0, 0.1) is 0 Å². The van der Waals surface area contributed by atoms with Crippen molar-refractivity contribution in [1.82, 2.24) is 10.6 Å². The van der Waals surface area contributed by atoms with Gasteiger partial charge in [-0.05, 0) is 42.0 Å². The molecule has 0 fully saturated rings. The van der Waals surface area contributed by atoms with Crippen molar-refractivity contribution in [1.29, 1.82) is 0 Å². The lowest BCUT2D eigenvalue weighted by molar-refractivity contribution is -0.116. The van der Waals surface area contributed by atoms with Crippen LogP contribution in [0.2, 0.25) is 5.02 Å². The number of benzene rings is 2. The summed E-state index contributed by atoms with van der Waals surface area (Å²) in [5, 5.41) is 5.90. The van der Waals surface area contributed by atoms with Gasteiger partial charge in [0.2, 0.25) is 5.91 Å². The molecule has 1 heterocycles. The Morgan fingerprint density at radius 3 is 2.77 bits per heavy atom. The van der Waals surface area contributed by atoms with Gasteiger partial charge in [0.15, 0.2) is 11.5 Å². The molecule has 2 amide bonds. The van der Waals surface area contributed by atoms with E-state index in [4.69, 9.17) is 25.8 Å². The second-order valence-corrected chi connectivity index (χ2v) is 6.90. The van der Waals surface area contributed by atoms with Crippen LogP contribution in [0.15, 0.2) is 42.5 Å². The SMILES string of the molecule is COc1cccc(C(=O)NCCNC(=O)/C=C/c2cc(Cl)c3c(c2)OCCCO3)c1. The average molecular weight is 431 g/mol. The molecule has 0 spiro atoms. The number of fused-ring (bicyclic) bond motifs is 1. The molecule has 2 N–H and O–H groups in total. The highest BCUT2D eigenvalue weighted by Crippen LogP contribution is 2.38. The van der Waals surface area contributed by atoms with Crippen molar-refractivity contribution >= 4 is 29.5 Å². The number of hydrogen-bond donors (Lipinski definition) is 2. The molecular weight excluding hydrogens is 408 g/mol. The van der Waals surface area contributed by atoms with Gasteiger partial charge in [0.05, 0.1) is 25.3 Å². The summed E-state index contributed by atoms with van der Waals surface area (Å²) in [5.41, 5.74) is 1.22. The Morgan fingerprint density at radius 1 is 1.13 bits per heavy atom. The van der Waals surface area contributed by atoms with Crippen LogP contribution in [0.1, 0.15) is 22.3 Å². The van der Waals surface area contributed by atoms with E-state index in [2.05, 4.69) is 10.6 Å². The standard InChI is InChI=1S/C22H23ClN2O5/c1-28-17-5-2-4-16(14-17)22(27)25-9-8-24-20(26)7-6-15-12-18(23)21-19(13-15)29-10-3-11-30-21/h2,4-7,12-14H,3,8-11H2,1H3,(H,24,26)(H,25,27)/b7-6+. The van der Waals surface area contributed by atoms with Gasteiger partial charge in [-0.25, -0.2) is 0 Å². The number of rotatable bonds is 7. The van der Waals surface area contributed by atoms with Gasteiger partial charge in [0, 0.05) is 31.1 Å². The largest absolute Gasteiger partial charge is 0.497 e. The number of amides is 2. The fourth-order valence-corrected chi connectivity index (χ4v) is 3.08. The summed E-state index contributed by atoms with van der Waals surface area (Å²) in [5.74, 6) is 1.19. The summed E-state index contributed by atoms with van der Waals surface area (Å²) in [4.78, 5) is 24.1. The normalized spacial score (nSPS) is 12.9. The van der Waals surface area contributed by atoms with Gasteiger partial charge in [0.25, 0.3) is 5.91 Å². The van der Waals surface area contributed by atoms with Crippen molar-refractivity contribution in [3.05, 3.63) is 58.6 Å². The summed E-state index contributed by atoms with van der Waals surface area (Å²) < 4.78 is 16.3. The Morgan fingerprint density at radius 2 is 1.93 bits per heavy atom. The third-order valence-corrected chi connectivity index (χ3v) is 4.57. The first-order valence-electron chi connectivity index (χ1n) is 9.54. The molecule has 7 nitrogen and oxygen atoms in total. The smallest absolute Gasteiger partial charge is 0.251 e. The van der Waals surface area contributed by atoms with Crippen molar-refractivity contribution in [3.63, 3.8) is 0 Å². The van der Waals surface area contributed by atoms with Crippen LogP contribution in [-0.2, 0) is 4.79 Å². The maximum Gasteiger partial charge on any atom is 0.251 e. The monoisotopic (exact) mass is 430 g/mol. The van der Waals surface area contributed by atoms with Gasteiger partial charge in [0.1, 0.15) is 5.75 Å². The van der Waals surface area contributed by atoms with Crippen molar-refractivity contribution in [3.8, 4) is 17.2 Å². The van der Waals surface area contributed by atoms with E-state index in [1.54, 1.807) is 49.6 Å². The molecule has 0 atom stereocenters. The van der Waals surface area contributed by atoms with Crippen LogP contribution in [0.25, 0.3) is 6.08 Å². The highest BCUT2D eigenvalue weighted by Gasteiger charge is 2.15. The number of carbonyl (C=O) groups excluding carboxylic acids is 2. The summed E-state index contributed by atoms with van der Waals surface area (Å²) in [6, 6.07) is 10.3. The molecule has 0 aromatic heterocycles. The van der Waals surface area contributed by atoms with Crippen LogP contribution in [0.5, 0.6) is 17.2 Å². The Hall–Kier alpha value is -3.19. The maximum atomic E-state index is 12.1. The fourth-order valence-electron chi connectivity index (χ4n) is 2.81. The molecule has 0 saturated carbocycles. The maximum absolute atomic E-state index is 12.1. The first-order chi connectivity index (χ1) is 14.6. The van der Waals surface area contributed by atoms with Crippen LogP contribution < -0.4 is 24.8 Å². The summed E-state index contributed by atoms with van der Waals surface area (Å²) >= 11 is 6.25. The number of nitrogens with one attached hydrogen (secondary N) is 2. The predicted octanol–water partition coefficient (Wildman–Crippen LogP) is 3.07. The number of halogens is 1.